The van der Waals surface area contributed by atoms with Gasteiger partial charge < -0.3 is 9.80 Å². The molecule has 0 saturated carbocycles. The van der Waals surface area contributed by atoms with Gasteiger partial charge in [0.05, 0.1) is 15.7 Å². The first-order valence-electron chi connectivity index (χ1n) is 7.35. The van der Waals surface area contributed by atoms with Crippen LogP contribution in [0.3, 0.4) is 0 Å². The van der Waals surface area contributed by atoms with Gasteiger partial charge in [0, 0.05) is 32.4 Å². The standard InChI is InChI=1S/C15H18Cl2N4S/c1-20-8-9-22-15(20)19-14(21-6-2-3-7-21)18-11-4-5-12(16)13(17)10-11/h4-5,10H,2-3,6-9H2,1H3/b18-14+,19-15-. The van der Waals surface area contributed by atoms with E-state index in [1.54, 1.807) is 23.9 Å². The van der Waals surface area contributed by atoms with Crippen molar-refractivity contribution in [2.75, 3.05) is 32.4 Å². The van der Waals surface area contributed by atoms with Crippen molar-refractivity contribution in [3.05, 3.63) is 28.2 Å². The van der Waals surface area contributed by atoms with Crippen LogP contribution in [0, 0.1) is 0 Å². The first-order chi connectivity index (χ1) is 10.6. The largest absolute Gasteiger partial charge is 0.353 e. The predicted octanol–water partition coefficient (Wildman–Crippen LogP) is 4.11. The Kier molecular flexibility index (Phi) is 5.16. The molecule has 0 N–H and O–H groups in total. The van der Waals surface area contributed by atoms with Gasteiger partial charge in [0.1, 0.15) is 0 Å². The maximum absolute atomic E-state index is 6.09. The van der Waals surface area contributed by atoms with Gasteiger partial charge in [0.2, 0.25) is 5.96 Å². The maximum Gasteiger partial charge on any atom is 0.228 e. The third kappa shape index (κ3) is 3.70. The van der Waals surface area contributed by atoms with Crippen molar-refractivity contribution in [1.29, 1.82) is 0 Å². The van der Waals surface area contributed by atoms with Gasteiger partial charge in [-0.25, -0.2) is 4.99 Å². The van der Waals surface area contributed by atoms with Crippen LogP contribution in [0.1, 0.15) is 12.8 Å². The number of nitrogens with zero attached hydrogens (tertiary/aromatic N) is 4. The summed E-state index contributed by atoms with van der Waals surface area (Å²) in [6, 6.07) is 5.43. The molecule has 0 aliphatic carbocycles. The van der Waals surface area contributed by atoms with Crippen LogP contribution in [0.5, 0.6) is 0 Å². The zero-order valence-electron chi connectivity index (χ0n) is 12.4. The Morgan fingerprint density at radius 1 is 1.14 bits per heavy atom. The highest BCUT2D eigenvalue weighted by atomic mass is 35.5. The van der Waals surface area contributed by atoms with Gasteiger partial charge in [0.25, 0.3) is 0 Å². The predicted molar refractivity (Wildman–Crippen MR) is 96.9 cm³/mol. The van der Waals surface area contributed by atoms with Crippen molar-refractivity contribution in [1.82, 2.24) is 9.80 Å². The minimum Gasteiger partial charge on any atom is -0.353 e. The Hall–Kier alpha value is -0.910. The van der Waals surface area contributed by atoms with E-state index in [1.165, 1.54) is 12.8 Å². The average Bonchev–Trinajstić information content (AvgIpc) is 3.14. The zero-order valence-corrected chi connectivity index (χ0v) is 14.8. The summed E-state index contributed by atoms with van der Waals surface area (Å²) in [5.41, 5.74) is 0.784. The molecular formula is C15H18Cl2N4S. The Balaban J connectivity index is 1.93. The van der Waals surface area contributed by atoms with Gasteiger partial charge in [-0.05, 0) is 31.0 Å². The third-order valence-corrected chi connectivity index (χ3v) is 5.49. The van der Waals surface area contributed by atoms with Crippen molar-refractivity contribution >= 4 is 51.8 Å². The summed E-state index contributed by atoms with van der Waals surface area (Å²) in [5, 5.41) is 2.09. The molecule has 0 spiro atoms. The number of halogens is 2. The molecule has 0 unspecified atom stereocenters. The van der Waals surface area contributed by atoms with Gasteiger partial charge in [-0.15, -0.1) is 0 Å². The van der Waals surface area contributed by atoms with Crippen molar-refractivity contribution in [3.63, 3.8) is 0 Å². The van der Waals surface area contributed by atoms with Crippen LogP contribution in [0.2, 0.25) is 10.0 Å². The Morgan fingerprint density at radius 3 is 2.55 bits per heavy atom. The van der Waals surface area contributed by atoms with Crippen molar-refractivity contribution in [3.8, 4) is 0 Å². The number of hydrogen-bond acceptors (Lipinski definition) is 2. The van der Waals surface area contributed by atoms with E-state index in [2.05, 4.69) is 16.8 Å². The molecule has 2 fully saturated rings. The topological polar surface area (TPSA) is 31.2 Å². The Labute approximate surface area is 145 Å². The second-order valence-corrected chi connectivity index (χ2v) is 7.25. The van der Waals surface area contributed by atoms with E-state index in [9.17, 15) is 0 Å². The monoisotopic (exact) mass is 356 g/mol. The third-order valence-electron chi connectivity index (χ3n) is 3.70. The molecule has 4 nitrogen and oxygen atoms in total. The molecule has 1 aromatic carbocycles. The molecule has 118 valence electrons. The maximum atomic E-state index is 6.09. The Bertz CT molecular complexity index is 612. The summed E-state index contributed by atoms with van der Waals surface area (Å²) in [6.45, 7) is 3.04. The minimum atomic E-state index is 0.517. The second-order valence-electron chi connectivity index (χ2n) is 5.37. The first-order valence-corrected chi connectivity index (χ1v) is 9.09. The van der Waals surface area contributed by atoms with E-state index in [1.807, 2.05) is 6.07 Å². The van der Waals surface area contributed by atoms with Gasteiger partial charge in [0.15, 0.2) is 5.17 Å². The fraction of sp³-hybridized carbons (Fsp3) is 0.467. The SMILES string of the molecule is CN1CCS/C1=N\C(=N/c1ccc(Cl)c(Cl)c1)N1CCCC1. The summed E-state index contributed by atoms with van der Waals surface area (Å²) in [4.78, 5) is 13.9. The van der Waals surface area contributed by atoms with Crippen LogP contribution in [0.4, 0.5) is 5.69 Å². The highest BCUT2D eigenvalue weighted by Crippen LogP contribution is 2.27. The van der Waals surface area contributed by atoms with E-state index < -0.39 is 0 Å². The molecule has 7 heteroatoms. The lowest BCUT2D eigenvalue weighted by atomic mass is 10.3. The molecule has 0 radical (unpaired) electrons. The Morgan fingerprint density at radius 2 is 1.91 bits per heavy atom. The highest BCUT2D eigenvalue weighted by molar-refractivity contribution is 8.14. The fourth-order valence-electron chi connectivity index (χ4n) is 2.44. The zero-order chi connectivity index (χ0) is 15.5. The minimum absolute atomic E-state index is 0.517. The molecule has 0 atom stereocenters. The van der Waals surface area contributed by atoms with Crippen molar-refractivity contribution in [2.24, 2.45) is 9.98 Å². The second kappa shape index (κ2) is 7.11. The molecule has 1 aromatic rings. The molecule has 2 heterocycles. The van der Waals surface area contributed by atoms with E-state index in [0.29, 0.717) is 10.0 Å². The number of rotatable bonds is 1. The number of amidine groups is 1. The molecule has 0 aromatic heterocycles. The molecule has 2 aliphatic heterocycles. The number of hydrogen-bond donors (Lipinski definition) is 0. The van der Waals surface area contributed by atoms with Crippen molar-refractivity contribution < 1.29 is 0 Å². The summed E-state index contributed by atoms with van der Waals surface area (Å²) < 4.78 is 0. The summed E-state index contributed by atoms with van der Waals surface area (Å²) in [5.74, 6) is 1.85. The first kappa shape index (κ1) is 16.0. The van der Waals surface area contributed by atoms with Crippen LogP contribution in [0.15, 0.2) is 28.2 Å². The van der Waals surface area contributed by atoms with Crippen LogP contribution in [-0.2, 0) is 0 Å². The smallest absolute Gasteiger partial charge is 0.228 e. The van der Waals surface area contributed by atoms with Gasteiger partial charge >= 0.3 is 0 Å². The normalized spacial score (nSPS) is 21.2. The van der Waals surface area contributed by atoms with Gasteiger partial charge in [-0.1, -0.05) is 35.0 Å². The van der Waals surface area contributed by atoms with Crippen LogP contribution in [-0.4, -0.2) is 53.4 Å². The number of likely N-dealkylation sites (tertiary alicyclic amines) is 1. The molecular weight excluding hydrogens is 339 g/mol. The molecule has 22 heavy (non-hydrogen) atoms. The number of benzene rings is 1. The summed E-state index contributed by atoms with van der Waals surface area (Å²) >= 11 is 13.8. The lowest BCUT2D eigenvalue weighted by Gasteiger charge is -2.18. The fourth-order valence-corrected chi connectivity index (χ4v) is 3.73. The highest BCUT2D eigenvalue weighted by Gasteiger charge is 2.20. The number of guanidine groups is 1. The molecule has 0 amide bonds. The summed E-state index contributed by atoms with van der Waals surface area (Å²) in [7, 11) is 2.07. The van der Waals surface area contributed by atoms with Crippen LogP contribution >= 0.6 is 35.0 Å². The molecule has 3 rings (SSSR count). The van der Waals surface area contributed by atoms with E-state index in [-0.39, 0.29) is 0 Å². The lowest BCUT2D eigenvalue weighted by Crippen LogP contribution is -2.29. The van der Waals surface area contributed by atoms with E-state index >= 15 is 0 Å². The van der Waals surface area contributed by atoms with Crippen molar-refractivity contribution in [2.45, 2.75) is 12.8 Å². The number of thioether (sulfide) groups is 1. The lowest BCUT2D eigenvalue weighted by molar-refractivity contribution is 0.510. The van der Waals surface area contributed by atoms with Crippen LogP contribution in [0.25, 0.3) is 0 Å². The quantitative estimate of drug-likeness (QED) is 0.560. The van der Waals surface area contributed by atoms with Crippen LogP contribution < -0.4 is 0 Å². The van der Waals surface area contributed by atoms with Gasteiger partial charge in [-0.3, -0.25) is 0 Å². The summed E-state index contributed by atoms with van der Waals surface area (Å²) in [6.07, 6.45) is 2.38. The average molecular weight is 357 g/mol. The van der Waals surface area contributed by atoms with Gasteiger partial charge in [-0.2, -0.15) is 4.99 Å². The molecule has 2 aliphatic rings. The van der Waals surface area contributed by atoms with E-state index in [4.69, 9.17) is 33.2 Å². The molecule has 2 saturated heterocycles. The molecule has 0 bridgehead atoms. The number of aliphatic imine (C=N–C) groups is 2. The van der Waals surface area contributed by atoms with E-state index in [0.717, 1.165) is 42.2 Å².